The van der Waals surface area contributed by atoms with Gasteiger partial charge >= 0.3 is 5.97 Å². The van der Waals surface area contributed by atoms with Crippen LogP contribution in [0.15, 0.2) is 11.6 Å². The lowest BCUT2D eigenvalue weighted by Crippen LogP contribution is -2.21. The van der Waals surface area contributed by atoms with Gasteiger partial charge in [0.25, 0.3) is 0 Å². The molecule has 0 saturated carbocycles. The lowest BCUT2D eigenvalue weighted by atomic mass is 10.0. The maximum Gasteiger partial charge on any atom is 0.331 e. The van der Waals surface area contributed by atoms with E-state index in [-0.39, 0.29) is 13.2 Å². The Hall–Kier alpha value is -0.910. The van der Waals surface area contributed by atoms with Crippen molar-refractivity contribution in [2.24, 2.45) is 0 Å². The summed E-state index contributed by atoms with van der Waals surface area (Å²) in [5.41, 5.74) is 0.598. The third-order valence-corrected chi connectivity index (χ3v) is 2.14. The molecule has 1 aliphatic rings. The number of hydrogen-bond donors (Lipinski definition) is 4. The van der Waals surface area contributed by atoms with Gasteiger partial charge in [-0.3, -0.25) is 0 Å². The Bertz CT molecular complexity index is 212. The molecule has 0 unspecified atom stereocenters. The van der Waals surface area contributed by atoms with E-state index in [4.69, 9.17) is 15.3 Å². The topological polar surface area (TPSA) is 89.8 Å². The lowest BCUT2D eigenvalue weighted by Gasteiger charge is -2.06. The Morgan fingerprint density at radius 2 is 1.88 bits per heavy atom. The second kappa shape index (κ2) is 10.6. The van der Waals surface area contributed by atoms with Crippen molar-refractivity contribution in [2.45, 2.75) is 25.7 Å². The van der Waals surface area contributed by atoms with E-state index in [1.807, 2.05) is 6.08 Å². The fraction of sp³-hybridized carbons (Fsp3) is 0.727. The van der Waals surface area contributed by atoms with Gasteiger partial charge in [0.15, 0.2) is 0 Å². The second-order valence-corrected chi connectivity index (χ2v) is 3.48. The number of allylic oxidation sites excluding steroid dienone is 1. The molecule has 16 heavy (non-hydrogen) atoms. The number of rotatable bonds is 5. The van der Waals surface area contributed by atoms with Crippen LogP contribution in [0.4, 0.5) is 0 Å². The summed E-state index contributed by atoms with van der Waals surface area (Å²) in [5, 5.41) is 27.6. The number of aliphatic hydroxyl groups excluding tert-OH is 2. The van der Waals surface area contributed by atoms with E-state index in [1.54, 1.807) is 0 Å². The molecule has 1 aliphatic carbocycles. The highest BCUT2D eigenvalue weighted by Crippen LogP contribution is 2.16. The van der Waals surface area contributed by atoms with Crippen LogP contribution in [0.3, 0.4) is 0 Å². The zero-order chi connectivity index (χ0) is 12.2. The van der Waals surface area contributed by atoms with Gasteiger partial charge in [0.05, 0.1) is 13.2 Å². The van der Waals surface area contributed by atoms with E-state index in [9.17, 15) is 4.79 Å². The summed E-state index contributed by atoms with van der Waals surface area (Å²) in [6.45, 7) is 1.42. The van der Waals surface area contributed by atoms with Crippen molar-refractivity contribution >= 4 is 5.97 Å². The predicted octanol–water partition coefficient (Wildman–Crippen LogP) is 0.132. The summed E-state index contributed by atoms with van der Waals surface area (Å²) in [5.74, 6) is -0.741. The van der Waals surface area contributed by atoms with Crippen molar-refractivity contribution in [3.63, 3.8) is 0 Å². The molecule has 94 valence electrons. The van der Waals surface area contributed by atoms with Crippen LogP contribution in [0.1, 0.15) is 25.7 Å². The molecule has 4 N–H and O–H groups in total. The molecule has 1 rings (SSSR count). The van der Waals surface area contributed by atoms with Gasteiger partial charge in [-0.25, -0.2) is 4.79 Å². The molecule has 0 aromatic heterocycles. The number of aliphatic hydroxyl groups is 2. The summed E-state index contributed by atoms with van der Waals surface area (Å²) in [6, 6.07) is 0. The Kier molecular flexibility index (Phi) is 10.00. The molecule has 0 radical (unpaired) electrons. The number of carboxylic acid groups (broad SMARTS) is 1. The average molecular weight is 231 g/mol. The first-order valence-electron chi connectivity index (χ1n) is 5.57. The summed E-state index contributed by atoms with van der Waals surface area (Å²) < 4.78 is 0. The maximum atomic E-state index is 10.3. The molecule has 5 nitrogen and oxygen atoms in total. The predicted molar refractivity (Wildman–Crippen MR) is 61.2 cm³/mol. The van der Waals surface area contributed by atoms with Crippen molar-refractivity contribution in [2.75, 3.05) is 26.3 Å². The second-order valence-electron chi connectivity index (χ2n) is 3.48. The van der Waals surface area contributed by atoms with Gasteiger partial charge in [-0.1, -0.05) is 6.08 Å². The summed E-state index contributed by atoms with van der Waals surface area (Å²) in [6.07, 6.45) is 5.72. The Morgan fingerprint density at radius 1 is 1.25 bits per heavy atom. The van der Waals surface area contributed by atoms with E-state index < -0.39 is 5.97 Å². The molecule has 0 aliphatic heterocycles. The molecule has 0 bridgehead atoms. The number of carbonyl (C=O) groups is 1. The van der Waals surface area contributed by atoms with Gasteiger partial charge in [0.1, 0.15) is 0 Å². The zero-order valence-electron chi connectivity index (χ0n) is 9.48. The number of aliphatic carboxylic acids is 1. The fourth-order valence-corrected chi connectivity index (χ4v) is 1.32. The lowest BCUT2D eigenvalue weighted by molar-refractivity contribution is -0.132. The normalized spacial score (nSPS) is 14.8. The largest absolute Gasteiger partial charge is 0.478 e. The number of nitrogens with one attached hydrogen (secondary N) is 1. The van der Waals surface area contributed by atoms with Crippen LogP contribution >= 0.6 is 0 Å². The third kappa shape index (κ3) is 8.40. The minimum Gasteiger partial charge on any atom is -0.478 e. The standard InChI is InChI=1S/C7H10O2.C4H11NO2/c8-7(9)6-4-2-1-3-5-6;6-3-1-5-2-4-7/h4H,1-3,5H2,(H,8,9);5-7H,1-4H2. The van der Waals surface area contributed by atoms with Gasteiger partial charge < -0.3 is 20.6 Å². The van der Waals surface area contributed by atoms with E-state index >= 15 is 0 Å². The molecule has 5 heteroatoms. The van der Waals surface area contributed by atoms with E-state index in [0.29, 0.717) is 18.7 Å². The molecule has 0 atom stereocenters. The first-order valence-corrected chi connectivity index (χ1v) is 5.57. The van der Waals surface area contributed by atoms with Gasteiger partial charge in [0, 0.05) is 18.7 Å². The van der Waals surface area contributed by atoms with Gasteiger partial charge in [-0.05, 0) is 25.7 Å². The molecule has 0 heterocycles. The molecular weight excluding hydrogens is 210 g/mol. The van der Waals surface area contributed by atoms with Crippen LogP contribution < -0.4 is 5.32 Å². The fourth-order valence-electron chi connectivity index (χ4n) is 1.32. The molecule has 0 aromatic rings. The van der Waals surface area contributed by atoms with Crippen LogP contribution in [0.25, 0.3) is 0 Å². The quantitative estimate of drug-likeness (QED) is 0.505. The van der Waals surface area contributed by atoms with E-state index in [0.717, 1.165) is 25.7 Å². The zero-order valence-corrected chi connectivity index (χ0v) is 9.48. The number of carboxylic acids is 1. The monoisotopic (exact) mass is 231 g/mol. The molecule has 0 amide bonds. The summed E-state index contributed by atoms with van der Waals surface area (Å²) in [7, 11) is 0. The van der Waals surface area contributed by atoms with Crippen LogP contribution in [0, 0.1) is 0 Å². The van der Waals surface area contributed by atoms with Crippen molar-refractivity contribution in [1.29, 1.82) is 0 Å². The Labute approximate surface area is 95.8 Å². The van der Waals surface area contributed by atoms with Crippen LogP contribution in [-0.4, -0.2) is 47.6 Å². The van der Waals surface area contributed by atoms with Crippen LogP contribution in [0.2, 0.25) is 0 Å². The Morgan fingerprint density at radius 3 is 2.19 bits per heavy atom. The smallest absolute Gasteiger partial charge is 0.331 e. The van der Waals surface area contributed by atoms with Crippen molar-refractivity contribution in [1.82, 2.24) is 5.32 Å². The third-order valence-electron chi connectivity index (χ3n) is 2.14. The van der Waals surface area contributed by atoms with Crippen molar-refractivity contribution < 1.29 is 20.1 Å². The van der Waals surface area contributed by atoms with E-state index in [2.05, 4.69) is 5.32 Å². The first kappa shape index (κ1) is 15.1. The van der Waals surface area contributed by atoms with Gasteiger partial charge in [-0.2, -0.15) is 0 Å². The van der Waals surface area contributed by atoms with Gasteiger partial charge in [0.2, 0.25) is 0 Å². The molecule has 0 fully saturated rings. The summed E-state index contributed by atoms with van der Waals surface area (Å²) >= 11 is 0. The Balaban J connectivity index is 0.000000293. The van der Waals surface area contributed by atoms with E-state index in [1.165, 1.54) is 0 Å². The average Bonchev–Trinajstić information content (AvgIpc) is 2.32. The van der Waals surface area contributed by atoms with Crippen molar-refractivity contribution in [3.05, 3.63) is 11.6 Å². The first-order chi connectivity index (χ1) is 7.72. The van der Waals surface area contributed by atoms with Crippen LogP contribution in [0.5, 0.6) is 0 Å². The van der Waals surface area contributed by atoms with Crippen molar-refractivity contribution in [3.8, 4) is 0 Å². The minimum absolute atomic E-state index is 0.139. The molecule has 0 aromatic carbocycles. The minimum atomic E-state index is -0.741. The highest BCUT2D eigenvalue weighted by atomic mass is 16.4. The highest BCUT2D eigenvalue weighted by Gasteiger charge is 2.08. The summed E-state index contributed by atoms with van der Waals surface area (Å²) in [4.78, 5) is 10.3. The van der Waals surface area contributed by atoms with Crippen LogP contribution in [-0.2, 0) is 4.79 Å². The molecular formula is C11H21NO4. The number of hydrogen-bond acceptors (Lipinski definition) is 4. The SMILES string of the molecule is O=C(O)C1=CCCCC1.OCCNCCO. The molecule has 0 saturated heterocycles. The maximum absolute atomic E-state index is 10.3. The molecule has 0 spiro atoms. The van der Waals surface area contributed by atoms with Gasteiger partial charge in [-0.15, -0.1) is 0 Å². The highest BCUT2D eigenvalue weighted by molar-refractivity contribution is 5.86.